The molecule has 1 saturated heterocycles. The zero-order valence-corrected chi connectivity index (χ0v) is 14.9. The van der Waals surface area contributed by atoms with Crippen LogP contribution in [0.1, 0.15) is 18.4 Å². The molecule has 1 aliphatic heterocycles. The van der Waals surface area contributed by atoms with E-state index >= 15 is 0 Å². The standard InChI is InChI=1S/C17H22N2O5S/c1-24-16(20)13-18-17(21)15-7-10-19(11-8-15)25(22,23)12-9-14-5-3-2-4-6-14/h2-6,9,12,15H,7-8,10-11,13H2,1H3,(H,18,21). The Kier molecular flexibility index (Phi) is 6.72. The van der Waals surface area contributed by atoms with E-state index < -0.39 is 16.0 Å². The monoisotopic (exact) mass is 366 g/mol. The Morgan fingerprint density at radius 1 is 1.24 bits per heavy atom. The molecule has 1 aromatic rings. The molecule has 0 radical (unpaired) electrons. The maximum Gasteiger partial charge on any atom is 0.325 e. The zero-order valence-electron chi connectivity index (χ0n) is 14.1. The Bertz CT molecular complexity index is 723. The van der Waals surface area contributed by atoms with E-state index in [1.807, 2.05) is 30.3 Å². The zero-order chi connectivity index (χ0) is 18.3. The van der Waals surface area contributed by atoms with Crippen LogP contribution in [0, 0.1) is 5.92 Å². The van der Waals surface area contributed by atoms with Crippen LogP contribution in [-0.4, -0.2) is 51.3 Å². The van der Waals surface area contributed by atoms with Crippen LogP contribution in [0.25, 0.3) is 6.08 Å². The number of sulfonamides is 1. The number of ether oxygens (including phenoxy) is 1. The highest BCUT2D eigenvalue weighted by atomic mass is 32.2. The summed E-state index contributed by atoms with van der Waals surface area (Å²) in [4.78, 5) is 23.0. The second-order valence-electron chi connectivity index (χ2n) is 5.73. The third-order valence-corrected chi connectivity index (χ3v) is 5.62. The molecule has 0 saturated carbocycles. The number of benzene rings is 1. The van der Waals surface area contributed by atoms with Gasteiger partial charge in [0.25, 0.3) is 0 Å². The number of rotatable bonds is 6. The third-order valence-electron chi connectivity index (χ3n) is 4.05. The average molecular weight is 366 g/mol. The molecule has 7 nitrogen and oxygen atoms in total. The van der Waals surface area contributed by atoms with Crippen LogP contribution in [0.15, 0.2) is 35.7 Å². The molecule has 2 rings (SSSR count). The van der Waals surface area contributed by atoms with Gasteiger partial charge in [-0.25, -0.2) is 8.42 Å². The normalized spacial score (nSPS) is 16.7. The molecule has 0 atom stereocenters. The SMILES string of the molecule is COC(=O)CNC(=O)C1CCN(S(=O)(=O)C=Cc2ccccc2)CC1. The van der Waals surface area contributed by atoms with Gasteiger partial charge in [-0.2, -0.15) is 4.31 Å². The molecule has 8 heteroatoms. The molecule has 1 aromatic carbocycles. The first-order valence-corrected chi connectivity index (χ1v) is 9.50. The van der Waals surface area contributed by atoms with Crippen molar-refractivity contribution in [3.05, 3.63) is 41.3 Å². The van der Waals surface area contributed by atoms with Gasteiger partial charge in [0, 0.05) is 24.4 Å². The number of nitrogens with zero attached hydrogens (tertiary/aromatic N) is 1. The Labute approximate surface area is 147 Å². The van der Waals surface area contributed by atoms with Gasteiger partial charge in [0.05, 0.1) is 7.11 Å². The molecule has 1 heterocycles. The van der Waals surface area contributed by atoms with Crippen LogP contribution < -0.4 is 5.32 Å². The molecular weight excluding hydrogens is 344 g/mol. The fourth-order valence-corrected chi connectivity index (χ4v) is 3.78. The van der Waals surface area contributed by atoms with Crippen molar-refractivity contribution in [2.45, 2.75) is 12.8 Å². The molecule has 0 bridgehead atoms. The largest absolute Gasteiger partial charge is 0.468 e. The predicted octanol–water partition coefficient (Wildman–Crippen LogP) is 0.988. The minimum atomic E-state index is -3.51. The first-order valence-electron chi connectivity index (χ1n) is 8.00. The summed E-state index contributed by atoms with van der Waals surface area (Å²) in [5.41, 5.74) is 0.808. The fourth-order valence-electron chi connectivity index (χ4n) is 2.56. The summed E-state index contributed by atoms with van der Waals surface area (Å²) in [5.74, 6) is -1.06. The van der Waals surface area contributed by atoms with E-state index in [1.165, 1.54) is 16.8 Å². The number of piperidine rings is 1. The topological polar surface area (TPSA) is 92.8 Å². The van der Waals surface area contributed by atoms with Crippen LogP contribution in [0.4, 0.5) is 0 Å². The van der Waals surface area contributed by atoms with Gasteiger partial charge in [-0.1, -0.05) is 30.3 Å². The van der Waals surface area contributed by atoms with E-state index in [9.17, 15) is 18.0 Å². The van der Waals surface area contributed by atoms with Gasteiger partial charge >= 0.3 is 5.97 Å². The minimum Gasteiger partial charge on any atom is -0.468 e. The summed E-state index contributed by atoms with van der Waals surface area (Å²) in [7, 11) is -2.26. The Hall–Kier alpha value is -2.19. The summed E-state index contributed by atoms with van der Waals surface area (Å²) < 4.78 is 30.6. The molecule has 1 N–H and O–H groups in total. The van der Waals surface area contributed by atoms with Crippen LogP contribution in [-0.2, 0) is 24.3 Å². The van der Waals surface area contributed by atoms with E-state index in [0.717, 1.165) is 5.56 Å². The van der Waals surface area contributed by atoms with Crippen molar-refractivity contribution in [3.8, 4) is 0 Å². The third kappa shape index (κ3) is 5.68. The number of methoxy groups -OCH3 is 1. The number of carbonyl (C=O) groups excluding carboxylic acids is 2. The van der Waals surface area contributed by atoms with E-state index in [4.69, 9.17) is 0 Å². The first-order chi connectivity index (χ1) is 11.9. The molecule has 25 heavy (non-hydrogen) atoms. The van der Waals surface area contributed by atoms with Gasteiger partial charge < -0.3 is 10.1 Å². The quantitative estimate of drug-likeness (QED) is 0.758. The Morgan fingerprint density at radius 3 is 2.48 bits per heavy atom. The van der Waals surface area contributed by atoms with E-state index in [1.54, 1.807) is 6.08 Å². The molecule has 136 valence electrons. The number of hydrogen-bond donors (Lipinski definition) is 1. The van der Waals surface area contributed by atoms with Gasteiger partial charge in [-0.05, 0) is 24.5 Å². The van der Waals surface area contributed by atoms with Gasteiger partial charge in [0.2, 0.25) is 15.9 Å². The van der Waals surface area contributed by atoms with Crippen molar-refractivity contribution in [2.75, 3.05) is 26.7 Å². The van der Waals surface area contributed by atoms with Crippen molar-refractivity contribution in [1.29, 1.82) is 0 Å². The van der Waals surface area contributed by atoms with Crippen molar-refractivity contribution >= 4 is 28.0 Å². The van der Waals surface area contributed by atoms with E-state index in [0.29, 0.717) is 12.8 Å². The lowest BCUT2D eigenvalue weighted by Crippen LogP contribution is -2.43. The Balaban J connectivity index is 1.87. The molecule has 0 aliphatic carbocycles. The van der Waals surface area contributed by atoms with Gasteiger partial charge in [-0.15, -0.1) is 0 Å². The molecular formula is C17H22N2O5S. The smallest absolute Gasteiger partial charge is 0.325 e. The van der Waals surface area contributed by atoms with Crippen molar-refractivity contribution in [3.63, 3.8) is 0 Å². The Morgan fingerprint density at radius 2 is 1.88 bits per heavy atom. The summed E-state index contributed by atoms with van der Waals surface area (Å²) in [6.07, 6.45) is 2.40. The maximum atomic E-state index is 12.4. The molecule has 1 fully saturated rings. The lowest BCUT2D eigenvalue weighted by atomic mass is 9.97. The number of esters is 1. The molecule has 1 aliphatic rings. The van der Waals surface area contributed by atoms with Crippen molar-refractivity contribution < 1.29 is 22.7 Å². The van der Waals surface area contributed by atoms with Gasteiger partial charge in [0.1, 0.15) is 6.54 Å². The second-order valence-corrected chi connectivity index (χ2v) is 7.54. The lowest BCUT2D eigenvalue weighted by molar-refractivity contribution is -0.141. The van der Waals surface area contributed by atoms with Crippen LogP contribution in [0.3, 0.4) is 0 Å². The van der Waals surface area contributed by atoms with Crippen molar-refractivity contribution in [2.24, 2.45) is 5.92 Å². The summed E-state index contributed by atoms with van der Waals surface area (Å²) in [6.45, 7) is 0.378. The van der Waals surface area contributed by atoms with Gasteiger partial charge in [-0.3, -0.25) is 9.59 Å². The van der Waals surface area contributed by atoms with Gasteiger partial charge in [0.15, 0.2) is 0 Å². The highest BCUT2D eigenvalue weighted by Crippen LogP contribution is 2.21. The van der Waals surface area contributed by atoms with E-state index in [-0.39, 0.29) is 31.5 Å². The van der Waals surface area contributed by atoms with Crippen LogP contribution in [0.5, 0.6) is 0 Å². The highest BCUT2D eigenvalue weighted by Gasteiger charge is 2.30. The fraction of sp³-hybridized carbons (Fsp3) is 0.412. The first kappa shape index (κ1) is 19.1. The molecule has 1 amide bonds. The predicted molar refractivity (Wildman–Crippen MR) is 93.7 cm³/mol. The van der Waals surface area contributed by atoms with Crippen molar-refractivity contribution in [1.82, 2.24) is 9.62 Å². The summed E-state index contributed by atoms with van der Waals surface area (Å²) >= 11 is 0. The summed E-state index contributed by atoms with van der Waals surface area (Å²) in [6, 6.07) is 9.19. The summed E-state index contributed by atoms with van der Waals surface area (Å²) in [5, 5.41) is 3.70. The molecule has 0 spiro atoms. The molecule has 0 unspecified atom stereocenters. The minimum absolute atomic E-state index is 0.173. The van der Waals surface area contributed by atoms with Crippen LogP contribution in [0.2, 0.25) is 0 Å². The number of amides is 1. The molecule has 0 aromatic heterocycles. The maximum absolute atomic E-state index is 12.4. The van der Waals surface area contributed by atoms with Crippen LogP contribution >= 0.6 is 0 Å². The number of hydrogen-bond acceptors (Lipinski definition) is 5. The van der Waals surface area contributed by atoms with E-state index in [2.05, 4.69) is 10.1 Å². The second kappa shape index (κ2) is 8.77. The average Bonchev–Trinajstić information content (AvgIpc) is 2.65. The number of carbonyl (C=O) groups is 2. The lowest BCUT2D eigenvalue weighted by Gasteiger charge is -2.29. The highest BCUT2D eigenvalue weighted by molar-refractivity contribution is 7.92. The number of nitrogens with one attached hydrogen (secondary N) is 1.